The van der Waals surface area contributed by atoms with Gasteiger partial charge in [-0.3, -0.25) is 23.4 Å². The molecule has 1 N–H and O–H groups in total. The van der Waals surface area contributed by atoms with E-state index in [-0.39, 0.29) is 29.6 Å². The molecule has 62 heavy (non-hydrogen) atoms. The molecule has 1 saturated heterocycles. The molecule has 2 fully saturated rings. The van der Waals surface area contributed by atoms with Crippen molar-refractivity contribution < 1.29 is 18.4 Å². The molecule has 11 rings (SSSR count). The Hall–Kier alpha value is -6.94. The van der Waals surface area contributed by atoms with E-state index in [1.165, 1.54) is 14.7 Å². The fourth-order valence-electron chi connectivity index (χ4n) is 9.76. The number of fused-ring (bicyclic) bond motifs is 3. The molecule has 0 bridgehead atoms. The van der Waals surface area contributed by atoms with E-state index >= 15 is 9.18 Å². The lowest BCUT2D eigenvalue weighted by atomic mass is 9.83. The summed E-state index contributed by atoms with van der Waals surface area (Å²) < 4.78 is 32.8. The summed E-state index contributed by atoms with van der Waals surface area (Å²) in [6.07, 6.45) is 8.48. The predicted molar refractivity (Wildman–Crippen MR) is 227 cm³/mol. The third-order valence-electron chi connectivity index (χ3n) is 13.0. The Morgan fingerprint density at radius 3 is 2.50 bits per heavy atom. The highest BCUT2D eigenvalue weighted by Gasteiger charge is 2.52. The summed E-state index contributed by atoms with van der Waals surface area (Å²) in [5.41, 5.74) is 5.25. The minimum Gasteiger partial charge on any atom is -0.376 e. The molecule has 3 aromatic carbocycles. The van der Waals surface area contributed by atoms with Crippen LogP contribution in [0, 0.1) is 19.7 Å². The molecule has 16 heteroatoms. The number of carbonyl (C=O) groups excluding carboxylic acids is 1. The van der Waals surface area contributed by atoms with Crippen LogP contribution in [0.1, 0.15) is 89.7 Å². The summed E-state index contributed by atoms with van der Waals surface area (Å²) >= 11 is 0. The first kappa shape index (κ1) is 38.0. The lowest BCUT2D eigenvalue weighted by molar-refractivity contribution is -0.0592. The monoisotopic (exact) mass is 834 g/mol. The van der Waals surface area contributed by atoms with Gasteiger partial charge in [-0.15, -0.1) is 0 Å². The molecule has 2 aliphatic heterocycles. The fraction of sp³-hybridized carbons (Fsp3) is 0.326. The number of rotatable bonds is 7. The number of H-pyrrole nitrogens is 1. The van der Waals surface area contributed by atoms with Gasteiger partial charge in [-0.2, -0.15) is 15.3 Å². The number of hydrogen-bond donors (Lipinski definition) is 1. The van der Waals surface area contributed by atoms with Crippen molar-refractivity contribution in [2.24, 2.45) is 0 Å². The molecular formula is C46H43FN10O5. The van der Waals surface area contributed by atoms with Crippen LogP contribution in [0.15, 0.2) is 93.4 Å². The molecule has 1 aliphatic carbocycles. The number of halogens is 1. The zero-order valence-electron chi connectivity index (χ0n) is 34.7. The average molecular weight is 835 g/mol. The molecule has 0 unspecified atom stereocenters. The van der Waals surface area contributed by atoms with Crippen LogP contribution in [-0.2, 0) is 23.2 Å². The standard InChI is InChI=1S/C46H43FN10O5/c1-26-19-33(20-27(2)39(26)47)57-40(55-17-16-54(44(55)60)32-7-5-28-9-14-48-50-36(28)23-32)34-25-53(15-10-35(34)51-57)41(58)38-22-31-21-29(30-11-18-61-45(3,4)24-30)6-8-37(31)56(38)46(12-13-46)42-49-43(59)62-52-42/h5-9,14,16-17,19-23,30H,10-13,15,18,24-25H2,1-4H3,(H,49,52,59)/t30-/m0/s1. The molecule has 1 saturated carbocycles. The minimum absolute atomic E-state index is 0.142. The van der Waals surface area contributed by atoms with Crippen molar-refractivity contribution in [3.8, 4) is 17.2 Å². The molecule has 8 aromatic rings. The van der Waals surface area contributed by atoms with Gasteiger partial charge in [0.15, 0.2) is 5.82 Å². The van der Waals surface area contributed by atoms with Crippen molar-refractivity contribution >= 4 is 27.7 Å². The molecular weight excluding hydrogens is 792 g/mol. The number of benzene rings is 3. The molecule has 314 valence electrons. The van der Waals surface area contributed by atoms with E-state index in [9.17, 15) is 9.59 Å². The summed E-state index contributed by atoms with van der Waals surface area (Å²) in [5.74, 6) is -0.0551. The first-order valence-corrected chi connectivity index (χ1v) is 20.9. The summed E-state index contributed by atoms with van der Waals surface area (Å²) in [5, 5.41) is 19.2. The molecule has 15 nitrogen and oxygen atoms in total. The maximum Gasteiger partial charge on any atom is 0.438 e. The summed E-state index contributed by atoms with van der Waals surface area (Å²) in [6.45, 7) is 8.82. The highest BCUT2D eigenvalue weighted by molar-refractivity contribution is 5.99. The van der Waals surface area contributed by atoms with Gasteiger partial charge in [0.1, 0.15) is 22.9 Å². The van der Waals surface area contributed by atoms with Gasteiger partial charge in [-0.1, -0.05) is 17.3 Å². The van der Waals surface area contributed by atoms with Gasteiger partial charge in [0.25, 0.3) is 5.91 Å². The fourth-order valence-corrected chi connectivity index (χ4v) is 9.76. The molecule has 0 spiro atoms. The van der Waals surface area contributed by atoms with E-state index in [4.69, 9.17) is 14.4 Å². The normalized spacial score (nSPS) is 18.1. The smallest absolute Gasteiger partial charge is 0.376 e. The molecule has 0 radical (unpaired) electrons. The Morgan fingerprint density at radius 2 is 1.74 bits per heavy atom. The van der Waals surface area contributed by atoms with Gasteiger partial charge in [0.05, 0.1) is 40.9 Å². The van der Waals surface area contributed by atoms with Crippen LogP contribution < -0.4 is 11.4 Å². The zero-order chi connectivity index (χ0) is 42.7. The second-order valence-corrected chi connectivity index (χ2v) is 17.6. The van der Waals surface area contributed by atoms with E-state index in [1.807, 2.05) is 34.9 Å². The van der Waals surface area contributed by atoms with Gasteiger partial charge in [0.2, 0.25) is 0 Å². The molecule has 3 aliphatic rings. The predicted octanol–water partition coefficient (Wildman–Crippen LogP) is 6.55. The Bertz CT molecular complexity index is 3230. The molecule has 7 heterocycles. The lowest BCUT2D eigenvalue weighted by Crippen LogP contribution is -2.38. The van der Waals surface area contributed by atoms with Crippen molar-refractivity contribution in [1.82, 2.24) is 48.7 Å². The van der Waals surface area contributed by atoms with Crippen LogP contribution in [0.3, 0.4) is 0 Å². The lowest BCUT2D eigenvalue weighted by Gasteiger charge is -2.35. The van der Waals surface area contributed by atoms with Crippen molar-refractivity contribution in [3.05, 3.63) is 146 Å². The van der Waals surface area contributed by atoms with Crippen LogP contribution >= 0.6 is 0 Å². The van der Waals surface area contributed by atoms with Gasteiger partial charge in [-0.25, -0.2) is 18.7 Å². The van der Waals surface area contributed by atoms with Crippen molar-refractivity contribution in [2.45, 2.75) is 83.4 Å². The number of nitrogens with one attached hydrogen (secondary N) is 1. The van der Waals surface area contributed by atoms with E-state index in [1.54, 1.807) is 54.2 Å². The first-order valence-electron chi connectivity index (χ1n) is 20.9. The summed E-state index contributed by atoms with van der Waals surface area (Å²) in [7, 11) is 0. The van der Waals surface area contributed by atoms with Gasteiger partial charge < -0.3 is 14.2 Å². The first-order chi connectivity index (χ1) is 29.9. The largest absolute Gasteiger partial charge is 0.438 e. The SMILES string of the molecule is Cc1cc(-n2nc3c(c2-n2ccn(-c4ccc5ccnnc5c4)c2=O)CN(C(=O)c2cc4cc([C@H]5CCOC(C)(C)C5)ccc4n2C2(c4noc(=O)[nH]4)CC2)CC3)cc(C)c1F. The number of aromatic amines is 1. The number of imidazole rings is 1. The third kappa shape index (κ3) is 6.06. The zero-order valence-corrected chi connectivity index (χ0v) is 34.7. The second kappa shape index (κ2) is 13.8. The maximum absolute atomic E-state index is 15.2. The third-order valence-corrected chi connectivity index (χ3v) is 13.0. The Labute approximate surface area is 353 Å². The number of aryl methyl sites for hydroxylation is 2. The van der Waals surface area contributed by atoms with Crippen molar-refractivity contribution in [2.75, 3.05) is 13.2 Å². The van der Waals surface area contributed by atoms with Crippen LogP contribution in [0.25, 0.3) is 39.0 Å². The second-order valence-electron chi connectivity index (χ2n) is 17.6. The van der Waals surface area contributed by atoms with Gasteiger partial charge in [0, 0.05) is 53.8 Å². The van der Waals surface area contributed by atoms with Crippen LogP contribution in [0.2, 0.25) is 0 Å². The van der Waals surface area contributed by atoms with E-state index < -0.39 is 11.3 Å². The number of aromatic nitrogens is 9. The van der Waals surface area contributed by atoms with Crippen molar-refractivity contribution in [3.63, 3.8) is 0 Å². The summed E-state index contributed by atoms with van der Waals surface area (Å²) in [6, 6.07) is 19.2. The average Bonchev–Trinajstić information content (AvgIpc) is 3.53. The Morgan fingerprint density at radius 1 is 0.935 bits per heavy atom. The highest BCUT2D eigenvalue weighted by atomic mass is 19.1. The molecule has 5 aromatic heterocycles. The van der Waals surface area contributed by atoms with E-state index in [0.717, 1.165) is 34.8 Å². The van der Waals surface area contributed by atoms with E-state index in [0.29, 0.717) is 89.3 Å². The van der Waals surface area contributed by atoms with Crippen LogP contribution in [0.4, 0.5) is 4.39 Å². The highest BCUT2D eigenvalue weighted by Crippen LogP contribution is 2.51. The van der Waals surface area contributed by atoms with Crippen LogP contribution in [0.5, 0.6) is 0 Å². The quantitative estimate of drug-likeness (QED) is 0.188. The van der Waals surface area contributed by atoms with E-state index in [2.05, 4.69) is 52.4 Å². The van der Waals surface area contributed by atoms with Crippen LogP contribution in [-0.4, -0.2) is 73.4 Å². The number of carbonyl (C=O) groups is 1. The number of hydrogen-bond acceptors (Lipinski definition) is 9. The Balaban J connectivity index is 1.03. The maximum atomic E-state index is 15.2. The molecule has 1 atom stereocenters. The minimum atomic E-state index is -0.777. The molecule has 1 amide bonds. The number of amides is 1. The van der Waals surface area contributed by atoms with Gasteiger partial charge >= 0.3 is 11.4 Å². The number of nitrogens with zero attached hydrogens (tertiary/aromatic N) is 9. The Kier molecular flexibility index (Phi) is 8.45. The van der Waals surface area contributed by atoms with Crippen molar-refractivity contribution in [1.29, 1.82) is 0 Å². The summed E-state index contributed by atoms with van der Waals surface area (Å²) in [4.78, 5) is 46.6. The number of ether oxygens (including phenoxy) is 1. The topological polar surface area (TPSA) is 164 Å². The van der Waals surface area contributed by atoms with Gasteiger partial charge in [-0.05, 0) is 125 Å².